The normalized spacial score (nSPS) is 25.5. The van der Waals surface area contributed by atoms with Gasteiger partial charge in [0.05, 0.1) is 12.7 Å². The van der Waals surface area contributed by atoms with Crippen molar-refractivity contribution in [1.82, 2.24) is 9.55 Å². The highest BCUT2D eigenvalue weighted by atomic mass is 31.3. The fourth-order valence-electron chi connectivity index (χ4n) is 3.63. The molecule has 2 unspecified atom stereocenters. The van der Waals surface area contributed by atoms with Gasteiger partial charge in [-0.15, -0.1) is 0 Å². The highest BCUT2D eigenvalue weighted by Gasteiger charge is 2.49. The Kier molecular flexibility index (Phi) is 11.0. The summed E-state index contributed by atoms with van der Waals surface area (Å²) in [5, 5.41) is 10.6. The third kappa shape index (κ3) is 10.2. The first-order valence-electron chi connectivity index (χ1n) is 11.1. The van der Waals surface area contributed by atoms with E-state index in [0.717, 1.165) is 28.2 Å². The molecule has 0 bridgehead atoms. The quantitative estimate of drug-likeness (QED) is 0.139. The maximum absolute atomic E-state index is 12.6. The predicted molar refractivity (Wildman–Crippen MR) is 132 cm³/mol. The maximum Gasteiger partial charge on any atom is 0.490 e. The van der Waals surface area contributed by atoms with Crippen LogP contribution in [0.4, 0.5) is 0 Å². The van der Waals surface area contributed by atoms with Crippen molar-refractivity contribution in [3.05, 3.63) is 56.4 Å². The summed E-state index contributed by atoms with van der Waals surface area (Å²) in [6.07, 6.45) is 3.53. The summed E-state index contributed by atoms with van der Waals surface area (Å²) >= 11 is 0. The van der Waals surface area contributed by atoms with Crippen LogP contribution in [0.5, 0.6) is 0 Å². The molecule has 38 heavy (non-hydrogen) atoms. The lowest BCUT2D eigenvalue weighted by atomic mass is 10.00. The van der Waals surface area contributed by atoms with E-state index in [9.17, 15) is 38.2 Å². The van der Waals surface area contributed by atoms with Crippen LogP contribution in [-0.2, 0) is 37.3 Å². The summed E-state index contributed by atoms with van der Waals surface area (Å²) in [5.41, 5.74) is -0.974. The average Bonchev–Trinajstić information content (AvgIpc) is 3.04. The Morgan fingerprint density at radius 2 is 1.79 bits per heavy atom. The van der Waals surface area contributed by atoms with Crippen molar-refractivity contribution >= 4 is 23.5 Å². The summed E-state index contributed by atoms with van der Waals surface area (Å²) in [4.78, 5) is 62.4. The molecular formula is C19H31N2O14P3. The Balaban J connectivity index is 2.25. The summed E-state index contributed by atoms with van der Waals surface area (Å²) in [6.45, 7) is 4.88. The molecular weight excluding hydrogens is 573 g/mol. The first kappa shape index (κ1) is 32.7. The highest BCUT2D eigenvalue weighted by Crippen LogP contribution is 2.66. The minimum absolute atomic E-state index is 0.0441. The van der Waals surface area contributed by atoms with E-state index in [-0.39, 0.29) is 12.8 Å². The van der Waals surface area contributed by atoms with E-state index in [4.69, 9.17) is 14.5 Å². The third-order valence-electron chi connectivity index (χ3n) is 5.27. The van der Waals surface area contributed by atoms with E-state index in [2.05, 4.69) is 18.1 Å². The fraction of sp³-hybridized carbons (Fsp3) is 0.579. The Bertz CT molecular complexity index is 1310. The zero-order valence-electron chi connectivity index (χ0n) is 20.7. The van der Waals surface area contributed by atoms with Gasteiger partial charge in [-0.25, -0.2) is 18.5 Å². The molecule has 0 saturated carbocycles. The smallest absolute Gasteiger partial charge is 0.390 e. The molecule has 5 atom stereocenters. The molecule has 1 fully saturated rings. The molecule has 0 spiro atoms. The number of aliphatic hydroxyl groups is 1. The van der Waals surface area contributed by atoms with Crippen molar-refractivity contribution in [2.24, 2.45) is 0 Å². The predicted octanol–water partition coefficient (Wildman–Crippen LogP) is 1.77. The average molecular weight is 604 g/mol. The number of phosphoric acid groups is 3. The van der Waals surface area contributed by atoms with Gasteiger partial charge < -0.3 is 29.4 Å². The second-order valence-corrected chi connectivity index (χ2v) is 13.2. The van der Waals surface area contributed by atoms with Gasteiger partial charge in [0.25, 0.3) is 5.56 Å². The zero-order chi connectivity index (χ0) is 28.9. The summed E-state index contributed by atoms with van der Waals surface area (Å²) < 4.78 is 53.2. The molecule has 0 amide bonds. The number of allylic oxidation sites excluding steroid dienone is 3. The second kappa shape index (κ2) is 12.8. The maximum atomic E-state index is 12.6. The van der Waals surface area contributed by atoms with Gasteiger partial charge in [0.1, 0.15) is 6.10 Å². The third-order valence-corrected chi connectivity index (χ3v) is 9.07. The Morgan fingerprint density at radius 1 is 1.13 bits per heavy atom. The van der Waals surface area contributed by atoms with E-state index in [0.29, 0.717) is 6.42 Å². The summed E-state index contributed by atoms with van der Waals surface area (Å²) in [6, 6.07) is 1.07. The van der Waals surface area contributed by atoms with E-state index in [1.54, 1.807) is 6.08 Å². The number of ether oxygens (including phenoxy) is 1. The van der Waals surface area contributed by atoms with Gasteiger partial charge in [-0.2, -0.15) is 8.62 Å². The number of aromatic nitrogens is 2. The number of aliphatic hydroxyl groups excluding tert-OH is 1. The summed E-state index contributed by atoms with van der Waals surface area (Å²) in [5.74, 6) is 0. The van der Waals surface area contributed by atoms with Crippen LogP contribution >= 0.6 is 23.5 Å². The van der Waals surface area contributed by atoms with Crippen molar-refractivity contribution in [3.8, 4) is 0 Å². The molecule has 19 heteroatoms. The molecule has 1 aromatic heterocycles. The van der Waals surface area contributed by atoms with Crippen LogP contribution in [0.2, 0.25) is 0 Å². The Labute approximate surface area is 217 Å². The molecule has 1 aliphatic heterocycles. The van der Waals surface area contributed by atoms with Gasteiger partial charge in [-0.1, -0.05) is 23.3 Å². The van der Waals surface area contributed by atoms with Gasteiger partial charge in [-0.05, 0) is 33.6 Å². The lowest BCUT2D eigenvalue weighted by Crippen LogP contribution is -2.44. The minimum atomic E-state index is -5.73. The van der Waals surface area contributed by atoms with Crippen LogP contribution in [0, 0.1) is 0 Å². The standard InChI is InChI=1S/C19H31N2O14P3/c1-13(2)5-4-6-14(3)7-9-19(21-10-8-17(23)20-18(21)24)11-15(22)16(33-19)12-32-37(28,29)35-38(30,31)34-36(25,26)27/h5,7-8,10,15-16,22H,4,6,9,11-12H2,1-3H3,(H,28,29)(H,30,31)(H,20,23,24)(H2,25,26,27)/b14-7+/t15-,16+,19+/m0/s1. The van der Waals surface area contributed by atoms with Crippen LogP contribution < -0.4 is 11.2 Å². The Hall–Kier alpha value is -1.51. The number of nitrogens with zero attached hydrogens (tertiary/aromatic N) is 1. The SMILES string of the molecule is CC(C)=CCC/C(C)=C/C[C@]1(n2ccc(=O)[nH]c2=O)C[C@H](O)[C@@H](COP(=O)(O)OP(=O)(O)OP(=O)(O)O)O1. The van der Waals surface area contributed by atoms with Crippen molar-refractivity contribution in [2.45, 2.75) is 64.4 Å². The molecule has 0 aromatic carbocycles. The molecule has 0 radical (unpaired) electrons. The molecule has 1 aromatic rings. The number of H-pyrrole nitrogens is 1. The van der Waals surface area contributed by atoms with E-state index in [1.807, 2.05) is 26.8 Å². The molecule has 6 N–H and O–H groups in total. The molecule has 2 heterocycles. The molecule has 1 saturated heterocycles. The number of rotatable bonds is 13. The van der Waals surface area contributed by atoms with Gasteiger partial charge in [0, 0.05) is 25.1 Å². The molecule has 2 rings (SSSR count). The van der Waals surface area contributed by atoms with E-state index < -0.39 is 59.3 Å². The highest BCUT2D eigenvalue weighted by molar-refractivity contribution is 7.66. The van der Waals surface area contributed by atoms with Crippen molar-refractivity contribution in [3.63, 3.8) is 0 Å². The number of phosphoric ester groups is 1. The largest absolute Gasteiger partial charge is 0.490 e. The monoisotopic (exact) mass is 604 g/mol. The first-order valence-corrected chi connectivity index (χ1v) is 15.6. The van der Waals surface area contributed by atoms with Crippen molar-refractivity contribution in [1.29, 1.82) is 0 Å². The number of hydrogen-bond acceptors (Lipinski definition) is 10. The van der Waals surface area contributed by atoms with Crippen LogP contribution in [0.1, 0.15) is 46.5 Å². The lowest BCUT2D eigenvalue weighted by molar-refractivity contribution is -0.116. The van der Waals surface area contributed by atoms with Crippen LogP contribution in [0.15, 0.2) is 45.2 Å². The van der Waals surface area contributed by atoms with Crippen LogP contribution in [-0.4, -0.2) is 53.0 Å². The summed E-state index contributed by atoms with van der Waals surface area (Å²) in [7, 11) is -16.8. The van der Waals surface area contributed by atoms with Crippen LogP contribution in [0.3, 0.4) is 0 Å². The first-order chi connectivity index (χ1) is 17.3. The number of nitrogens with one attached hydrogen (secondary N) is 1. The number of aromatic amines is 1. The van der Waals surface area contributed by atoms with Crippen molar-refractivity contribution < 1.29 is 56.3 Å². The molecule has 216 valence electrons. The zero-order valence-corrected chi connectivity index (χ0v) is 23.4. The second-order valence-electron chi connectivity index (χ2n) is 8.82. The van der Waals surface area contributed by atoms with Crippen LogP contribution in [0.25, 0.3) is 0 Å². The minimum Gasteiger partial charge on any atom is -0.390 e. The molecule has 16 nitrogen and oxygen atoms in total. The van der Waals surface area contributed by atoms with E-state index >= 15 is 0 Å². The topological polar surface area (TPSA) is 244 Å². The van der Waals surface area contributed by atoms with Gasteiger partial charge in [0.2, 0.25) is 0 Å². The number of hydrogen-bond donors (Lipinski definition) is 6. The van der Waals surface area contributed by atoms with Crippen molar-refractivity contribution in [2.75, 3.05) is 6.61 Å². The molecule has 1 aliphatic rings. The van der Waals surface area contributed by atoms with Gasteiger partial charge >= 0.3 is 29.2 Å². The lowest BCUT2D eigenvalue weighted by Gasteiger charge is -2.30. The Morgan fingerprint density at radius 3 is 2.37 bits per heavy atom. The van der Waals surface area contributed by atoms with Gasteiger partial charge in [0.15, 0.2) is 5.72 Å². The molecule has 0 aliphatic carbocycles. The van der Waals surface area contributed by atoms with Gasteiger partial charge in [-0.3, -0.25) is 18.9 Å². The van der Waals surface area contributed by atoms with E-state index in [1.165, 1.54) is 6.20 Å². The fourth-order valence-corrected chi connectivity index (χ4v) is 6.66.